The Morgan fingerprint density at radius 1 is 1.46 bits per heavy atom. The van der Waals surface area contributed by atoms with Crippen molar-refractivity contribution in [3.05, 3.63) is 35.9 Å². The average molecular weight is 327 g/mol. The number of aromatic nitrogens is 4. The number of ether oxygens (including phenoxy) is 1. The molecule has 0 bridgehead atoms. The van der Waals surface area contributed by atoms with Crippen LogP contribution in [0.25, 0.3) is 0 Å². The molecule has 3 heterocycles. The van der Waals surface area contributed by atoms with Gasteiger partial charge in [0.2, 0.25) is 0 Å². The molecule has 2 atom stereocenters. The van der Waals surface area contributed by atoms with E-state index in [2.05, 4.69) is 20.2 Å². The molecule has 1 saturated heterocycles. The maximum absolute atomic E-state index is 12.6. The van der Waals surface area contributed by atoms with Crippen LogP contribution in [0.4, 0.5) is 0 Å². The van der Waals surface area contributed by atoms with Crippen LogP contribution in [0.1, 0.15) is 35.3 Å². The van der Waals surface area contributed by atoms with Crippen molar-refractivity contribution in [2.45, 2.75) is 26.2 Å². The first kappa shape index (κ1) is 15.1. The van der Waals surface area contributed by atoms with Crippen LogP contribution in [-0.2, 0) is 0 Å². The Hall–Kier alpha value is -2.44. The van der Waals surface area contributed by atoms with Crippen molar-refractivity contribution < 1.29 is 9.53 Å². The van der Waals surface area contributed by atoms with E-state index < -0.39 is 0 Å². The predicted octanol–water partition coefficient (Wildman–Crippen LogP) is 1.83. The largest absolute Gasteiger partial charge is 0.463 e. The zero-order valence-corrected chi connectivity index (χ0v) is 13.7. The smallest absolute Gasteiger partial charge is 0.316 e. The van der Waals surface area contributed by atoms with Gasteiger partial charge in [-0.2, -0.15) is 5.10 Å². The van der Waals surface area contributed by atoms with Crippen LogP contribution in [-0.4, -0.2) is 50.7 Å². The third kappa shape index (κ3) is 2.64. The Kier molecular flexibility index (Phi) is 3.70. The van der Waals surface area contributed by atoms with Gasteiger partial charge in [-0.25, -0.2) is 9.97 Å². The molecule has 2 aromatic heterocycles. The van der Waals surface area contributed by atoms with Crippen molar-refractivity contribution in [1.82, 2.24) is 25.1 Å². The SMILES string of the molecule is Cc1cnc(OCC23CCCC2CN(C(=O)c2ccn[nH]2)C3)nc1. The molecule has 1 aliphatic heterocycles. The number of aryl methyl sites for hydroxylation is 1. The normalized spacial score (nSPS) is 25.7. The number of nitrogens with zero attached hydrogens (tertiary/aromatic N) is 4. The number of likely N-dealkylation sites (tertiary alicyclic amines) is 1. The summed E-state index contributed by atoms with van der Waals surface area (Å²) in [5.41, 5.74) is 1.58. The fraction of sp³-hybridized carbons (Fsp3) is 0.529. The van der Waals surface area contributed by atoms with Crippen LogP contribution >= 0.6 is 0 Å². The van der Waals surface area contributed by atoms with Gasteiger partial charge in [-0.05, 0) is 37.3 Å². The van der Waals surface area contributed by atoms with Gasteiger partial charge >= 0.3 is 6.01 Å². The van der Waals surface area contributed by atoms with E-state index in [-0.39, 0.29) is 11.3 Å². The first-order valence-corrected chi connectivity index (χ1v) is 8.36. The van der Waals surface area contributed by atoms with E-state index in [1.807, 2.05) is 11.8 Å². The molecule has 2 aromatic rings. The highest BCUT2D eigenvalue weighted by Crippen LogP contribution is 2.49. The topological polar surface area (TPSA) is 84.0 Å². The van der Waals surface area contributed by atoms with Gasteiger partial charge in [-0.1, -0.05) is 6.42 Å². The molecule has 1 N–H and O–H groups in total. The van der Waals surface area contributed by atoms with Crippen LogP contribution in [0, 0.1) is 18.3 Å². The molecular weight excluding hydrogens is 306 g/mol. The van der Waals surface area contributed by atoms with Crippen molar-refractivity contribution in [2.75, 3.05) is 19.7 Å². The second-order valence-corrected chi connectivity index (χ2v) is 6.94. The van der Waals surface area contributed by atoms with E-state index in [4.69, 9.17) is 4.74 Å². The fourth-order valence-electron chi connectivity index (χ4n) is 4.01. The summed E-state index contributed by atoms with van der Waals surface area (Å²) in [6.07, 6.45) is 8.54. The Bertz CT molecular complexity index is 715. The number of carbonyl (C=O) groups is 1. The molecule has 24 heavy (non-hydrogen) atoms. The number of nitrogens with one attached hydrogen (secondary N) is 1. The quantitative estimate of drug-likeness (QED) is 0.926. The predicted molar refractivity (Wildman–Crippen MR) is 86.5 cm³/mol. The monoisotopic (exact) mass is 327 g/mol. The minimum Gasteiger partial charge on any atom is -0.463 e. The van der Waals surface area contributed by atoms with Gasteiger partial charge < -0.3 is 9.64 Å². The van der Waals surface area contributed by atoms with Crippen molar-refractivity contribution in [3.63, 3.8) is 0 Å². The van der Waals surface area contributed by atoms with Gasteiger partial charge in [-0.15, -0.1) is 0 Å². The summed E-state index contributed by atoms with van der Waals surface area (Å²) in [4.78, 5) is 22.9. The number of H-pyrrole nitrogens is 1. The van der Waals surface area contributed by atoms with Crippen molar-refractivity contribution in [1.29, 1.82) is 0 Å². The standard InChI is InChI=1S/C17H21N5O2/c1-12-7-18-16(19-8-12)24-11-17-5-2-3-13(17)9-22(10-17)15(23)14-4-6-20-21-14/h4,6-8,13H,2-3,5,9-11H2,1H3,(H,20,21). The van der Waals surface area contributed by atoms with E-state index in [1.54, 1.807) is 24.7 Å². The molecule has 2 unspecified atom stereocenters. The average Bonchev–Trinajstić information content (AvgIpc) is 3.29. The fourth-order valence-corrected chi connectivity index (χ4v) is 4.01. The Morgan fingerprint density at radius 3 is 3.04 bits per heavy atom. The minimum atomic E-state index is 0.0178. The second kappa shape index (κ2) is 5.89. The zero-order chi connectivity index (χ0) is 16.6. The van der Waals surface area contributed by atoms with Gasteiger partial charge in [0.1, 0.15) is 5.69 Å². The summed E-state index contributed by atoms with van der Waals surface area (Å²) in [6, 6.07) is 2.14. The van der Waals surface area contributed by atoms with Gasteiger partial charge in [0.15, 0.2) is 0 Å². The van der Waals surface area contributed by atoms with Crippen LogP contribution in [0.5, 0.6) is 6.01 Å². The van der Waals surface area contributed by atoms with Gasteiger partial charge in [0.25, 0.3) is 5.91 Å². The van der Waals surface area contributed by atoms with Crippen LogP contribution in [0.2, 0.25) is 0 Å². The Balaban J connectivity index is 1.46. The van der Waals surface area contributed by atoms with Crippen molar-refractivity contribution >= 4 is 5.91 Å². The number of fused-ring (bicyclic) bond motifs is 1. The van der Waals surface area contributed by atoms with E-state index in [0.29, 0.717) is 24.2 Å². The summed E-state index contributed by atoms with van der Waals surface area (Å²) in [6.45, 7) is 4.02. The lowest BCUT2D eigenvalue weighted by molar-refractivity contribution is 0.0736. The summed E-state index contributed by atoms with van der Waals surface area (Å²) in [5.74, 6) is 0.502. The number of hydrogen-bond donors (Lipinski definition) is 1. The molecule has 2 fully saturated rings. The van der Waals surface area contributed by atoms with E-state index in [0.717, 1.165) is 31.5 Å². The molecule has 7 heteroatoms. The molecular formula is C17H21N5O2. The van der Waals surface area contributed by atoms with E-state index >= 15 is 0 Å². The highest BCUT2D eigenvalue weighted by molar-refractivity contribution is 5.92. The highest BCUT2D eigenvalue weighted by atomic mass is 16.5. The summed E-state index contributed by atoms with van der Waals surface area (Å²) in [5, 5.41) is 6.64. The molecule has 1 saturated carbocycles. The minimum absolute atomic E-state index is 0.0178. The maximum atomic E-state index is 12.6. The number of amides is 1. The molecule has 0 aromatic carbocycles. The Morgan fingerprint density at radius 2 is 2.29 bits per heavy atom. The summed E-state index contributed by atoms with van der Waals surface area (Å²) >= 11 is 0. The van der Waals surface area contributed by atoms with Gasteiger partial charge in [-0.3, -0.25) is 9.89 Å². The van der Waals surface area contributed by atoms with Gasteiger partial charge in [0.05, 0.1) is 6.61 Å². The molecule has 1 aliphatic carbocycles. The molecule has 0 spiro atoms. The molecule has 7 nitrogen and oxygen atoms in total. The summed E-state index contributed by atoms with van der Waals surface area (Å²) < 4.78 is 5.89. The molecule has 1 amide bonds. The van der Waals surface area contributed by atoms with Crippen LogP contribution in [0.15, 0.2) is 24.7 Å². The van der Waals surface area contributed by atoms with Gasteiger partial charge in [0, 0.05) is 37.1 Å². The zero-order valence-electron chi connectivity index (χ0n) is 13.7. The molecule has 4 rings (SSSR count). The number of aromatic amines is 1. The van der Waals surface area contributed by atoms with Crippen molar-refractivity contribution in [3.8, 4) is 6.01 Å². The van der Waals surface area contributed by atoms with Crippen LogP contribution in [0.3, 0.4) is 0 Å². The Labute approximate surface area is 140 Å². The maximum Gasteiger partial charge on any atom is 0.316 e. The third-order valence-corrected chi connectivity index (χ3v) is 5.30. The first-order valence-electron chi connectivity index (χ1n) is 8.36. The lowest BCUT2D eigenvalue weighted by Crippen LogP contribution is -2.36. The lowest BCUT2D eigenvalue weighted by Gasteiger charge is -2.28. The van der Waals surface area contributed by atoms with E-state index in [9.17, 15) is 4.79 Å². The molecule has 0 radical (unpaired) electrons. The third-order valence-electron chi connectivity index (χ3n) is 5.30. The van der Waals surface area contributed by atoms with E-state index in [1.165, 1.54) is 6.42 Å². The first-order chi connectivity index (χ1) is 11.7. The molecule has 2 aliphatic rings. The lowest BCUT2D eigenvalue weighted by atomic mass is 9.82. The van der Waals surface area contributed by atoms with Crippen molar-refractivity contribution in [2.24, 2.45) is 11.3 Å². The molecule has 126 valence electrons. The number of hydrogen-bond acceptors (Lipinski definition) is 5. The second-order valence-electron chi connectivity index (χ2n) is 6.94. The van der Waals surface area contributed by atoms with Crippen LogP contribution < -0.4 is 4.74 Å². The number of rotatable bonds is 4. The number of carbonyl (C=O) groups excluding carboxylic acids is 1. The summed E-state index contributed by atoms with van der Waals surface area (Å²) in [7, 11) is 0. The highest BCUT2D eigenvalue weighted by Gasteiger charge is 2.51.